The number of thiophene rings is 2. The Morgan fingerprint density at radius 3 is 2.73 bits per heavy atom. The maximum absolute atomic E-state index is 13.7. The Hall–Kier alpha value is -2.88. The molecule has 2 amide bonds. The van der Waals surface area contributed by atoms with Crippen LogP contribution in [0.5, 0.6) is 0 Å². The third-order valence-corrected chi connectivity index (χ3v) is 7.47. The molecule has 33 heavy (non-hydrogen) atoms. The average molecular weight is 486 g/mol. The van der Waals surface area contributed by atoms with Crippen LogP contribution in [0, 0.1) is 12.7 Å². The summed E-state index contributed by atoms with van der Waals surface area (Å²) in [7, 11) is 1.53. The van der Waals surface area contributed by atoms with E-state index in [2.05, 4.69) is 5.10 Å². The number of ether oxygens (including phenoxy) is 1. The molecule has 1 aromatic carbocycles. The lowest BCUT2D eigenvalue weighted by atomic mass is 10.1. The number of benzene rings is 1. The number of halogens is 1. The summed E-state index contributed by atoms with van der Waals surface area (Å²) in [6.45, 7) is 2.30. The maximum Gasteiger partial charge on any atom is 0.262 e. The van der Waals surface area contributed by atoms with Crippen LogP contribution < -0.4 is 0 Å². The smallest absolute Gasteiger partial charge is 0.262 e. The predicted octanol–water partition coefficient (Wildman–Crippen LogP) is 4.72. The molecule has 1 aliphatic heterocycles. The van der Waals surface area contributed by atoms with Crippen molar-refractivity contribution in [2.24, 2.45) is 5.10 Å². The molecule has 3 heterocycles. The van der Waals surface area contributed by atoms with E-state index in [1.807, 2.05) is 35.9 Å². The number of hydrogen-bond acceptors (Lipinski definition) is 6. The Bertz CT molecular complexity index is 1160. The van der Waals surface area contributed by atoms with Gasteiger partial charge in [0.2, 0.25) is 0 Å². The van der Waals surface area contributed by atoms with Crippen LogP contribution in [0.1, 0.15) is 38.1 Å². The van der Waals surface area contributed by atoms with Gasteiger partial charge < -0.3 is 9.64 Å². The zero-order valence-corrected chi connectivity index (χ0v) is 20.0. The summed E-state index contributed by atoms with van der Waals surface area (Å²) in [5.41, 5.74) is 2.15. The summed E-state index contributed by atoms with van der Waals surface area (Å²) in [6.07, 6.45) is 0.615. The topological polar surface area (TPSA) is 62.2 Å². The van der Waals surface area contributed by atoms with E-state index >= 15 is 0 Å². The molecule has 2 aromatic heterocycles. The van der Waals surface area contributed by atoms with Crippen LogP contribution in [0.2, 0.25) is 0 Å². The van der Waals surface area contributed by atoms with Crippen molar-refractivity contribution in [3.05, 3.63) is 79.9 Å². The first-order chi connectivity index (χ1) is 16.0. The highest BCUT2D eigenvalue weighted by Gasteiger charge is 2.36. The standard InChI is InChI=1S/C24H24FN3O3S2/c1-16-8-12-33-23(16)20-14-19(21-7-4-11-32-21)26-28(20)22(29)15-27(9-10-31-2)24(30)17-5-3-6-18(25)13-17/h3-8,11-13,20H,9-10,14-15H2,1-2H3/t20-/m0/s1. The Balaban J connectivity index is 1.60. The van der Waals surface area contributed by atoms with E-state index < -0.39 is 11.7 Å². The van der Waals surface area contributed by atoms with Crippen LogP contribution in [0.25, 0.3) is 0 Å². The van der Waals surface area contributed by atoms with Gasteiger partial charge in [-0.1, -0.05) is 12.1 Å². The molecule has 0 radical (unpaired) electrons. The minimum absolute atomic E-state index is 0.180. The quantitative estimate of drug-likeness (QED) is 0.464. The molecule has 4 rings (SSSR count). The molecule has 0 saturated heterocycles. The fourth-order valence-corrected chi connectivity index (χ4v) is 5.49. The van der Waals surface area contributed by atoms with Gasteiger partial charge in [0.25, 0.3) is 11.8 Å². The molecule has 0 unspecified atom stereocenters. The molecule has 0 spiro atoms. The molecule has 0 N–H and O–H groups in total. The molecule has 0 fully saturated rings. The zero-order chi connectivity index (χ0) is 23.4. The maximum atomic E-state index is 13.7. The number of aryl methyl sites for hydroxylation is 1. The molecule has 6 nitrogen and oxygen atoms in total. The number of hydrazone groups is 1. The van der Waals surface area contributed by atoms with Gasteiger partial charge in [-0.2, -0.15) is 5.10 Å². The van der Waals surface area contributed by atoms with Gasteiger partial charge in [-0.3, -0.25) is 9.59 Å². The fourth-order valence-electron chi connectivity index (χ4n) is 3.76. The zero-order valence-electron chi connectivity index (χ0n) is 18.4. The van der Waals surface area contributed by atoms with Crippen molar-refractivity contribution in [1.82, 2.24) is 9.91 Å². The van der Waals surface area contributed by atoms with Crippen LogP contribution in [0.4, 0.5) is 4.39 Å². The first-order valence-corrected chi connectivity index (χ1v) is 12.2. The monoisotopic (exact) mass is 485 g/mol. The third kappa shape index (κ3) is 5.21. The molecule has 172 valence electrons. The second-order valence-corrected chi connectivity index (χ2v) is 9.58. The first-order valence-electron chi connectivity index (χ1n) is 10.5. The lowest BCUT2D eigenvalue weighted by Crippen LogP contribution is -2.42. The van der Waals surface area contributed by atoms with Crippen molar-refractivity contribution in [3.63, 3.8) is 0 Å². The Morgan fingerprint density at radius 1 is 1.21 bits per heavy atom. The van der Waals surface area contributed by atoms with Crippen molar-refractivity contribution in [2.45, 2.75) is 19.4 Å². The van der Waals surface area contributed by atoms with Gasteiger partial charge in [0, 0.05) is 30.5 Å². The highest BCUT2D eigenvalue weighted by molar-refractivity contribution is 7.12. The number of rotatable bonds is 8. The first kappa shape index (κ1) is 23.3. The fraction of sp³-hybridized carbons (Fsp3) is 0.292. The van der Waals surface area contributed by atoms with Crippen LogP contribution in [0.15, 0.2) is 58.3 Å². The SMILES string of the molecule is COCCN(CC(=O)N1N=C(c2cccs2)C[C@H]1c1sccc1C)C(=O)c1cccc(F)c1. The van der Waals surface area contributed by atoms with Gasteiger partial charge in [0.1, 0.15) is 12.4 Å². The Kier molecular flexibility index (Phi) is 7.32. The summed E-state index contributed by atoms with van der Waals surface area (Å²) in [6, 6.07) is 11.2. The van der Waals surface area contributed by atoms with Crippen LogP contribution in [-0.4, -0.2) is 54.2 Å². The summed E-state index contributed by atoms with van der Waals surface area (Å²) in [4.78, 5) is 30.0. The molecule has 3 aromatic rings. The van der Waals surface area contributed by atoms with E-state index in [4.69, 9.17) is 4.74 Å². The average Bonchev–Trinajstić information content (AvgIpc) is 3.56. The van der Waals surface area contributed by atoms with Crippen LogP contribution in [-0.2, 0) is 9.53 Å². The van der Waals surface area contributed by atoms with E-state index in [0.29, 0.717) is 6.42 Å². The highest BCUT2D eigenvalue weighted by Crippen LogP contribution is 2.38. The summed E-state index contributed by atoms with van der Waals surface area (Å²) in [5, 5.41) is 10.2. The molecule has 1 atom stereocenters. The summed E-state index contributed by atoms with van der Waals surface area (Å²) >= 11 is 3.18. The van der Waals surface area contributed by atoms with E-state index in [0.717, 1.165) is 21.0 Å². The minimum Gasteiger partial charge on any atom is -0.383 e. The molecule has 9 heteroatoms. The van der Waals surface area contributed by atoms with Crippen molar-refractivity contribution in [3.8, 4) is 0 Å². The normalized spacial score (nSPS) is 15.5. The second-order valence-electron chi connectivity index (χ2n) is 7.68. The van der Waals surface area contributed by atoms with Crippen molar-refractivity contribution in [1.29, 1.82) is 0 Å². The number of carbonyl (C=O) groups is 2. The molecule has 0 bridgehead atoms. The van der Waals surface area contributed by atoms with Crippen molar-refractivity contribution < 1.29 is 18.7 Å². The van der Waals surface area contributed by atoms with Gasteiger partial charge in [-0.05, 0) is 53.6 Å². The van der Waals surface area contributed by atoms with E-state index in [1.165, 1.54) is 41.3 Å². The van der Waals surface area contributed by atoms with Gasteiger partial charge >= 0.3 is 0 Å². The molecule has 0 saturated carbocycles. The third-order valence-electron chi connectivity index (χ3n) is 5.43. The number of carbonyl (C=O) groups excluding carboxylic acids is 2. The Morgan fingerprint density at radius 2 is 2.06 bits per heavy atom. The summed E-state index contributed by atoms with van der Waals surface area (Å²) < 4.78 is 18.8. The van der Waals surface area contributed by atoms with Crippen molar-refractivity contribution >= 4 is 40.2 Å². The molecule has 1 aliphatic rings. The van der Waals surface area contributed by atoms with Crippen molar-refractivity contribution in [2.75, 3.05) is 26.8 Å². The lowest BCUT2D eigenvalue weighted by molar-refractivity contribution is -0.133. The van der Waals surface area contributed by atoms with Gasteiger partial charge in [0.15, 0.2) is 0 Å². The molecular weight excluding hydrogens is 461 g/mol. The summed E-state index contributed by atoms with van der Waals surface area (Å²) in [5.74, 6) is -1.22. The van der Waals surface area contributed by atoms with E-state index in [9.17, 15) is 14.0 Å². The van der Waals surface area contributed by atoms with Gasteiger partial charge in [-0.25, -0.2) is 9.40 Å². The molecule has 0 aliphatic carbocycles. The molecular formula is C24H24FN3O3S2. The van der Waals surface area contributed by atoms with E-state index in [1.54, 1.807) is 22.7 Å². The van der Waals surface area contributed by atoms with Gasteiger partial charge in [0.05, 0.1) is 23.2 Å². The number of nitrogens with zero attached hydrogens (tertiary/aromatic N) is 3. The number of methoxy groups -OCH3 is 1. The second kappa shape index (κ2) is 10.4. The van der Waals surface area contributed by atoms with Gasteiger partial charge in [-0.15, -0.1) is 22.7 Å². The number of amides is 2. The highest BCUT2D eigenvalue weighted by atomic mass is 32.1. The lowest BCUT2D eigenvalue weighted by Gasteiger charge is -2.26. The van der Waals surface area contributed by atoms with Crippen LogP contribution >= 0.6 is 22.7 Å². The van der Waals surface area contributed by atoms with E-state index in [-0.39, 0.29) is 37.2 Å². The number of hydrogen-bond donors (Lipinski definition) is 0. The van der Waals surface area contributed by atoms with Crippen LogP contribution in [0.3, 0.4) is 0 Å². The predicted molar refractivity (Wildman–Crippen MR) is 128 cm³/mol. The Labute approximate surface area is 199 Å². The minimum atomic E-state index is -0.503. The largest absolute Gasteiger partial charge is 0.383 e.